The molecule has 1 aromatic carbocycles. The van der Waals surface area contributed by atoms with Crippen LogP contribution in [0.2, 0.25) is 5.02 Å². The maximum atomic E-state index is 12.8. The summed E-state index contributed by atoms with van der Waals surface area (Å²) < 4.78 is 12.8. The standard InChI is InChI=1S/C11H13ClFNO/c1-7(2)14(3)11(15)9-5-4-8(13)6-10(9)12/h4-7H,1-3H3. The first-order chi connectivity index (χ1) is 6.93. The van der Waals surface area contributed by atoms with Crippen LogP contribution < -0.4 is 0 Å². The Morgan fingerprint density at radius 1 is 1.47 bits per heavy atom. The van der Waals surface area contributed by atoms with Gasteiger partial charge >= 0.3 is 0 Å². The summed E-state index contributed by atoms with van der Waals surface area (Å²) in [6, 6.07) is 3.85. The van der Waals surface area contributed by atoms with Gasteiger partial charge in [0.05, 0.1) is 10.6 Å². The summed E-state index contributed by atoms with van der Waals surface area (Å²) in [6.07, 6.45) is 0. The summed E-state index contributed by atoms with van der Waals surface area (Å²) in [7, 11) is 1.69. The SMILES string of the molecule is CC(C)N(C)C(=O)c1ccc(F)cc1Cl. The van der Waals surface area contributed by atoms with E-state index in [1.165, 1.54) is 12.1 Å². The summed E-state index contributed by atoms with van der Waals surface area (Å²) in [5.74, 6) is -0.640. The molecule has 0 aromatic heterocycles. The van der Waals surface area contributed by atoms with E-state index in [-0.39, 0.29) is 17.0 Å². The maximum absolute atomic E-state index is 12.8. The van der Waals surface area contributed by atoms with Gasteiger partial charge < -0.3 is 4.90 Å². The lowest BCUT2D eigenvalue weighted by Crippen LogP contribution is -2.33. The Balaban J connectivity index is 3.01. The Kier molecular flexibility index (Phi) is 3.69. The topological polar surface area (TPSA) is 20.3 Å². The van der Waals surface area contributed by atoms with E-state index < -0.39 is 5.82 Å². The lowest BCUT2D eigenvalue weighted by molar-refractivity contribution is 0.0755. The molecule has 0 radical (unpaired) electrons. The molecule has 0 aliphatic heterocycles. The molecule has 1 rings (SSSR count). The van der Waals surface area contributed by atoms with E-state index in [1.807, 2.05) is 13.8 Å². The fourth-order valence-electron chi connectivity index (χ4n) is 1.09. The number of hydrogen-bond donors (Lipinski definition) is 0. The molecule has 1 aromatic rings. The highest BCUT2D eigenvalue weighted by atomic mass is 35.5. The van der Waals surface area contributed by atoms with Crippen LogP contribution in [0.4, 0.5) is 4.39 Å². The molecule has 0 saturated carbocycles. The summed E-state index contributed by atoms with van der Waals surface area (Å²) in [5.41, 5.74) is 0.328. The monoisotopic (exact) mass is 229 g/mol. The third kappa shape index (κ3) is 2.69. The third-order valence-electron chi connectivity index (χ3n) is 2.26. The van der Waals surface area contributed by atoms with Crippen molar-refractivity contribution < 1.29 is 9.18 Å². The number of benzene rings is 1. The van der Waals surface area contributed by atoms with Gasteiger partial charge in [0.1, 0.15) is 5.82 Å². The third-order valence-corrected chi connectivity index (χ3v) is 2.57. The van der Waals surface area contributed by atoms with E-state index >= 15 is 0 Å². The molecule has 0 atom stereocenters. The quantitative estimate of drug-likeness (QED) is 0.764. The molecule has 0 fully saturated rings. The van der Waals surface area contributed by atoms with E-state index in [0.717, 1.165) is 6.07 Å². The molecule has 0 unspecified atom stereocenters. The normalized spacial score (nSPS) is 10.5. The van der Waals surface area contributed by atoms with E-state index in [1.54, 1.807) is 11.9 Å². The average Bonchev–Trinajstić information content (AvgIpc) is 2.15. The smallest absolute Gasteiger partial charge is 0.255 e. The zero-order valence-corrected chi connectivity index (χ0v) is 9.68. The van der Waals surface area contributed by atoms with Gasteiger partial charge in [-0.15, -0.1) is 0 Å². The molecule has 0 saturated heterocycles. The highest BCUT2D eigenvalue weighted by Gasteiger charge is 2.17. The second-order valence-corrected chi connectivity index (χ2v) is 4.04. The van der Waals surface area contributed by atoms with Gasteiger partial charge in [-0.3, -0.25) is 4.79 Å². The van der Waals surface area contributed by atoms with Gasteiger partial charge in [-0.1, -0.05) is 11.6 Å². The van der Waals surface area contributed by atoms with Gasteiger partial charge in [0.25, 0.3) is 5.91 Å². The van der Waals surface area contributed by atoms with Crippen LogP contribution in [0.5, 0.6) is 0 Å². The summed E-state index contributed by atoms with van der Waals surface area (Å²) in [6.45, 7) is 3.80. The fourth-order valence-corrected chi connectivity index (χ4v) is 1.34. The molecule has 2 nitrogen and oxygen atoms in total. The number of nitrogens with zero attached hydrogens (tertiary/aromatic N) is 1. The van der Waals surface area contributed by atoms with E-state index in [9.17, 15) is 9.18 Å². The van der Waals surface area contributed by atoms with Crippen LogP contribution in [0.1, 0.15) is 24.2 Å². The summed E-state index contributed by atoms with van der Waals surface area (Å²) in [5, 5.41) is 0.146. The lowest BCUT2D eigenvalue weighted by atomic mass is 10.2. The molecule has 0 heterocycles. The van der Waals surface area contributed by atoms with Crippen LogP contribution in [0.15, 0.2) is 18.2 Å². The van der Waals surface area contributed by atoms with Crippen LogP contribution in [-0.2, 0) is 0 Å². The molecule has 1 amide bonds. The van der Waals surface area contributed by atoms with Crippen molar-refractivity contribution in [2.24, 2.45) is 0 Å². The largest absolute Gasteiger partial charge is 0.339 e. The van der Waals surface area contributed by atoms with Crippen molar-refractivity contribution in [1.29, 1.82) is 0 Å². The second kappa shape index (κ2) is 4.62. The van der Waals surface area contributed by atoms with Gasteiger partial charge in [0.15, 0.2) is 0 Å². The van der Waals surface area contributed by atoms with Gasteiger partial charge in [0, 0.05) is 13.1 Å². The Morgan fingerprint density at radius 3 is 2.53 bits per heavy atom. The Morgan fingerprint density at radius 2 is 2.07 bits per heavy atom. The second-order valence-electron chi connectivity index (χ2n) is 3.63. The predicted molar refractivity (Wildman–Crippen MR) is 58.6 cm³/mol. The molecule has 0 spiro atoms. The molecular weight excluding hydrogens is 217 g/mol. The zero-order valence-electron chi connectivity index (χ0n) is 8.92. The first-order valence-corrected chi connectivity index (χ1v) is 5.03. The molecular formula is C11H13ClFNO. The number of halogens is 2. The number of carbonyl (C=O) groups is 1. The van der Waals surface area contributed by atoms with Gasteiger partial charge in [-0.2, -0.15) is 0 Å². The summed E-state index contributed by atoms with van der Waals surface area (Å²) in [4.78, 5) is 13.4. The van der Waals surface area contributed by atoms with Crippen LogP contribution in [0.25, 0.3) is 0 Å². The molecule has 0 aliphatic rings. The van der Waals surface area contributed by atoms with Crippen molar-refractivity contribution in [3.05, 3.63) is 34.6 Å². The average molecular weight is 230 g/mol. The van der Waals surface area contributed by atoms with Crippen LogP contribution in [0.3, 0.4) is 0 Å². The molecule has 0 aliphatic carbocycles. The number of carbonyl (C=O) groups excluding carboxylic acids is 1. The minimum atomic E-state index is -0.441. The van der Waals surface area contributed by atoms with Crippen molar-refractivity contribution in [2.45, 2.75) is 19.9 Å². The Bertz CT molecular complexity index is 379. The van der Waals surface area contributed by atoms with E-state index in [2.05, 4.69) is 0 Å². The van der Waals surface area contributed by atoms with Crippen LogP contribution >= 0.6 is 11.6 Å². The molecule has 15 heavy (non-hydrogen) atoms. The first kappa shape index (κ1) is 12.0. The van der Waals surface area contributed by atoms with Crippen LogP contribution in [-0.4, -0.2) is 23.9 Å². The van der Waals surface area contributed by atoms with Gasteiger partial charge in [-0.25, -0.2) is 4.39 Å². The minimum absolute atomic E-state index is 0.0821. The molecule has 82 valence electrons. The van der Waals surface area contributed by atoms with Gasteiger partial charge in [0.2, 0.25) is 0 Å². The zero-order chi connectivity index (χ0) is 11.6. The highest BCUT2D eigenvalue weighted by Crippen LogP contribution is 2.19. The predicted octanol–water partition coefficient (Wildman–Crippen LogP) is 2.96. The minimum Gasteiger partial charge on any atom is -0.339 e. The van der Waals surface area contributed by atoms with Crippen molar-refractivity contribution in [1.82, 2.24) is 4.90 Å². The Labute approximate surface area is 93.6 Å². The van der Waals surface area contributed by atoms with Crippen LogP contribution in [0, 0.1) is 5.82 Å². The number of rotatable bonds is 2. The number of amides is 1. The van der Waals surface area contributed by atoms with E-state index in [0.29, 0.717) is 5.56 Å². The van der Waals surface area contributed by atoms with E-state index in [4.69, 9.17) is 11.6 Å². The fraction of sp³-hybridized carbons (Fsp3) is 0.364. The Hall–Kier alpha value is -1.09. The molecule has 0 N–H and O–H groups in total. The van der Waals surface area contributed by atoms with Crippen molar-refractivity contribution in [3.8, 4) is 0 Å². The first-order valence-electron chi connectivity index (χ1n) is 4.65. The van der Waals surface area contributed by atoms with Gasteiger partial charge in [-0.05, 0) is 32.0 Å². The number of hydrogen-bond acceptors (Lipinski definition) is 1. The molecule has 4 heteroatoms. The van der Waals surface area contributed by atoms with Crippen molar-refractivity contribution in [2.75, 3.05) is 7.05 Å². The molecule has 0 bridgehead atoms. The summed E-state index contributed by atoms with van der Waals surface area (Å²) >= 11 is 5.79. The van der Waals surface area contributed by atoms with Crippen molar-refractivity contribution >= 4 is 17.5 Å². The highest BCUT2D eigenvalue weighted by molar-refractivity contribution is 6.33. The van der Waals surface area contributed by atoms with Crippen molar-refractivity contribution in [3.63, 3.8) is 0 Å². The lowest BCUT2D eigenvalue weighted by Gasteiger charge is -2.21. The maximum Gasteiger partial charge on any atom is 0.255 e.